The van der Waals surface area contributed by atoms with Gasteiger partial charge in [-0.3, -0.25) is 0 Å². The van der Waals surface area contributed by atoms with Gasteiger partial charge in [0, 0.05) is 12.0 Å². The Bertz CT molecular complexity index is 1030. The average Bonchev–Trinajstić information content (AvgIpc) is 2.61. The summed E-state index contributed by atoms with van der Waals surface area (Å²) in [4.78, 5) is 11.8. The van der Waals surface area contributed by atoms with Crippen molar-refractivity contribution in [3.8, 4) is 5.75 Å². The van der Waals surface area contributed by atoms with E-state index >= 15 is 0 Å². The van der Waals surface area contributed by atoms with E-state index in [9.17, 15) is 13.2 Å². The highest BCUT2D eigenvalue weighted by atomic mass is 35.5. The van der Waals surface area contributed by atoms with Gasteiger partial charge in [-0.05, 0) is 45.0 Å². The highest BCUT2D eigenvalue weighted by Crippen LogP contribution is 2.40. The molecule has 1 aliphatic rings. The Morgan fingerprint density at radius 2 is 1.96 bits per heavy atom. The summed E-state index contributed by atoms with van der Waals surface area (Å²) in [5.74, 6) is -0.0453. The molecule has 6 nitrogen and oxygen atoms in total. The molecule has 150 valence electrons. The van der Waals surface area contributed by atoms with Gasteiger partial charge < -0.3 is 9.47 Å². The lowest BCUT2D eigenvalue weighted by atomic mass is 9.89. The number of ether oxygens (including phenoxy) is 2. The Balaban J connectivity index is 1.99. The Morgan fingerprint density at radius 1 is 1.25 bits per heavy atom. The van der Waals surface area contributed by atoms with Gasteiger partial charge in [-0.1, -0.05) is 29.3 Å². The fourth-order valence-electron chi connectivity index (χ4n) is 3.27. The quantitative estimate of drug-likeness (QED) is 0.751. The third-order valence-electron chi connectivity index (χ3n) is 4.57. The summed E-state index contributed by atoms with van der Waals surface area (Å²) >= 11 is 6.00. The van der Waals surface area contributed by atoms with Gasteiger partial charge >= 0.3 is 5.97 Å². The second-order valence-corrected chi connectivity index (χ2v) is 9.54. The summed E-state index contributed by atoms with van der Waals surface area (Å²) in [6.45, 7) is 5.76. The summed E-state index contributed by atoms with van der Waals surface area (Å²) < 4.78 is 39.5. The molecule has 0 aliphatic carbocycles. The van der Waals surface area contributed by atoms with E-state index in [4.69, 9.17) is 16.3 Å². The van der Waals surface area contributed by atoms with Gasteiger partial charge in [-0.15, -0.1) is 0 Å². The van der Waals surface area contributed by atoms with Crippen molar-refractivity contribution in [1.82, 2.24) is 4.72 Å². The SMILES string of the molecule is COC(=O)c1cc(S(=O)(=O)NC2CC(C)(C)Oc3ccc(C)cc32)ccc1Cl. The number of halogens is 1. The van der Waals surface area contributed by atoms with Crippen LogP contribution in [0.4, 0.5) is 0 Å². The van der Waals surface area contributed by atoms with Gasteiger partial charge in [0.1, 0.15) is 11.4 Å². The number of nitrogens with one attached hydrogen (secondary N) is 1. The summed E-state index contributed by atoms with van der Waals surface area (Å²) in [5.41, 5.74) is 1.25. The maximum atomic E-state index is 13.0. The first-order valence-corrected chi connectivity index (χ1v) is 10.6. The van der Waals surface area contributed by atoms with Crippen LogP contribution in [0.25, 0.3) is 0 Å². The Hall–Kier alpha value is -2.09. The van der Waals surface area contributed by atoms with Crippen LogP contribution in [0.1, 0.15) is 47.8 Å². The Morgan fingerprint density at radius 3 is 2.64 bits per heavy atom. The zero-order valence-electron chi connectivity index (χ0n) is 16.1. The first-order valence-electron chi connectivity index (χ1n) is 8.72. The minimum atomic E-state index is -3.92. The van der Waals surface area contributed by atoms with Gasteiger partial charge in [-0.2, -0.15) is 0 Å². The molecule has 8 heteroatoms. The van der Waals surface area contributed by atoms with Gasteiger partial charge in [-0.25, -0.2) is 17.9 Å². The van der Waals surface area contributed by atoms with Gasteiger partial charge in [0.2, 0.25) is 10.0 Å². The van der Waals surface area contributed by atoms with Crippen molar-refractivity contribution >= 4 is 27.6 Å². The Kier molecular flexibility index (Phi) is 5.44. The van der Waals surface area contributed by atoms with Crippen molar-refractivity contribution in [2.45, 2.75) is 43.7 Å². The van der Waals surface area contributed by atoms with Crippen LogP contribution in [-0.2, 0) is 14.8 Å². The smallest absolute Gasteiger partial charge is 0.339 e. The molecule has 28 heavy (non-hydrogen) atoms. The second-order valence-electron chi connectivity index (χ2n) is 7.41. The largest absolute Gasteiger partial charge is 0.487 e. The maximum absolute atomic E-state index is 13.0. The second kappa shape index (κ2) is 7.39. The van der Waals surface area contributed by atoms with Crippen LogP contribution in [0, 0.1) is 6.92 Å². The van der Waals surface area contributed by atoms with Crippen LogP contribution < -0.4 is 9.46 Å². The number of rotatable bonds is 4. The molecule has 0 spiro atoms. The Labute approximate surface area is 169 Å². The van der Waals surface area contributed by atoms with Crippen molar-refractivity contribution in [3.05, 3.63) is 58.1 Å². The predicted octanol–water partition coefficient (Wildman–Crippen LogP) is 4.02. The minimum absolute atomic E-state index is 0.00408. The van der Waals surface area contributed by atoms with Crippen LogP contribution in [0.3, 0.4) is 0 Å². The zero-order chi connectivity index (χ0) is 20.7. The average molecular weight is 424 g/mol. The molecule has 0 saturated heterocycles. The van der Waals surface area contributed by atoms with E-state index in [1.54, 1.807) is 0 Å². The number of carbonyl (C=O) groups excluding carboxylic acids is 1. The zero-order valence-corrected chi connectivity index (χ0v) is 17.6. The summed E-state index contributed by atoms with van der Waals surface area (Å²) in [5, 5.41) is 0.124. The molecule has 1 atom stereocenters. The standard InChI is InChI=1S/C20H22ClNO5S/c1-12-5-8-18-15(9-12)17(11-20(2,3)27-18)22-28(24,25)13-6-7-16(21)14(10-13)19(23)26-4/h5-10,17,22H,11H2,1-4H3. The fourth-order valence-corrected chi connectivity index (χ4v) is 4.71. The van der Waals surface area contributed by atoms with E-state index in [-0.39, 0.29) is 15.5 Å². The van der Waals surface area contributed by atoms with Gasteiger partial charge in [0.05, 0.1) is 28.6 Å². The number of aryl methyl sites for hydroxylation is 1. The molecule has 0 aromatic heterocycles. The lowest BCUT2D eigenvalue weighted by molar-refractivity contribution is 0.0600. The van der Waals surface area contributed by atoms with Crippen molar-refractivity contribution in [3.63, 3.8) is 0 Å². The molecule has 1 aliphatic heterocycles. The van der Waals surface area contributed by atoms with Crippen LogP contribution in [-0.4, -0.2) is 27.1 Å². The highest BCUT2D eigenvalue weighted by Gasteiger charge is 2.36. The van der Waals surface area contributed by atoms with E-state index in [0.717, 1.165) is 11.1 Å². The summed E-state index contributed by atoms with van der Waals surface area (Å²) in [6.07, 6.45) is 0.458. The van der Waals surface area contributed by atoms with Gasteiger partial charge in [0.25, 0.3) is 0 Å². The first-order chi connectivity index (χ1) is 13.0. The van der Waals surface area contributed by atoms with Gasteiger partial charge in [0.15, 0.2) is 0 Å². The predicted molar refractivity (Wildman–Crippen MR) is 106 cm³/mol. The molecular weight excluding hydrogens is 402 g/mol. The fraction of sp³-hybridized carbons (Fsp3) is 0.350. The number of sulfonamides is 1. The minimum Gasteiger partial charge on any atom is -0.487 e. The topological polar surface area (TPSA) is 81.7 Å². The molecule has 1 unspecified atom stereocenters. The molecule has 0 bridgehead atoms. The van der Waals surface area contributed by atoms with Crippen molar-refractivity contribution in [2.24, 2.45) is 0 Å². The van der Waals surface area contributed by atoms with E-state index in [2.05, 4.69) is 9.46 Å². The monoisotopic (exact) mass is 423 g/mol. The lowest BCUT2D eigenvalue weighted by Crippen LogP contribution is -2.41. The van der Waals surface area contributed by atoms with Crippen LogP contribution >= 0.6 is 11.6 Å². The number of benzene rings is 2. The molecular formula is C20H22ClNO5S. The van der Waals surface area contributed by atoms with Crippen molar-refractivity contribution < 1.29 is 22.7 Å². The van der Waals surface area contributed by atoms with E-state index in [0.29, 0.717) is 12.2 Å². The number of methoxy groups -OCH3 is 1. The van der Waals surface area contributed by atoms with E-state index < -0.39 is 27.6 Å². The van der Waals surface area contributed by atoms with E-state index in [1.165, 1.54) is 25.3 Å². The number of fused-ring (bicyclic) bond motifs is 1. The normalized spacial score (nSPS) is 18.1. The molecule has 3 rings (SSSR count). The van der Waals surface area contributed by atoms with Crippen molar-refractivity contribution in [1.29, 1.82) is 0 Å². The van der Waals surface area contributed by atoms with Crippen molar-refractivity contribution in [2.75, 3.05) is 7.11 Å². The third kappa shape index (κ3) is 4.16. The first kappa shape index (κ1) is 20.6. The molecule has 2 aromatic rings. The number of esters is 1. The summed E-state index contributed by atoms with van der Waals surface area (Å²) in [7, 11) is -2.71. The van der Waals surface area contributed by atoms with Crippen LogP contribution in [0.2, 0.25) is 5.02 Å². The van der Waals surface area contributed by atoms with Crippen LogP contribution in [0.15, 0.2) is 41.3 Å². The third-order valence-corrected chi connectivity index (χ3v) is 6.37. The maximum Gasteiger partial charge on any atom is 0.339 e. The molecule has 0 saturated carbocycles. The number of hydrogen-bond donors (Lipinski definition) is 1. The number of hydrogen-bond acceptors (Lipinski definition) is 5. The molecule has 1 heterocycles. The van der Waals surface area contributed by atoms with E-state index in [1.807, 2.05) is 39.0 Å². The molecule has 2 aromatic carbocycles. The molecule has 1 N–H and O–H groups in total. The number of carbonyl (C=O) groups is 1. The molecule has 0 amide bonds. The molecule has 0 radical (unpaired) electrons. The lowest BCUT2D eigenvalue weighted by Gasteiger charge is -2.38. The summed E-state index contributed by atoms with van der Waals surface area (Å²) in [6, 6.07) is 9.17. The molecule has 0 fully saturated rings. The highest BCUT2D eigenvalue weighted by molar-refractivity contribution is 7.89. The van der Waals surface area contributed by atoms with Crippen LogP contribution in [0.5, 0.6) is 5.75 Å².